The number of aromatic hydroxyl groups is 1. The SMILES string of the molecule is Cc1ncc(O)c(CNC2=CCSC2=O)c1CO.Cl. The summed E-state index contributed by atoms with van der Waals surface area (Å²) in [5.41, 5.74) is 2.41. The molecule has 0 fully saturated rings. The lowest BCUT2D eigenvalue weighted by Gasteiger charge is -2.13. The fraction of sp³-hybridized carbons (Fsp3) is 0.333. The quantitative estimate of drug-likeness (QED) is 0.777. The first kappa shape index (κ1) is 15.8. The van der Waals surface area contributed by atoms with E-state index < -0.39 is 0 Å². The number of aliphatic hydroxyl groups excluding tert-OH is 1. The standard InChI is InChI=1S/C12H14N2O3S.ClH/c1-7-9(6-15)8(11(16)5-13-7)4-14-10-2-3-18-12(10)17;/h2,5,14-16H,3-4,6H2,1H3;1H. The Balaban J connectivity index is 0.00000180. The molecule has 7 heteroatoms. The first-order valence-electron chi connectivity index (χ1n) is 5.51. The molecule has 1 aliphatic heterocycles. The van der Waals surface area contributed by atoms with Gasteiger partial charge in [0.1, 0.15) is 5.75 Å². The Labute approximate surface area is 121 Å². The van der Waals surface area contributed by atoms with Crippen molar-refractivity contribution in [3.8, 4) is 5.75 Å². The van der Waals surface area contributed by atoms with E-state index in [1.165, 1.54) is 18.0 Å². The number of hydrogen-bond donors (Lipinski definition) is 3. The lowest BCUT2D eigenvalue weighted by atomic mass is 10.1. The molecule has 3 N–H and O–H groups in total. The molecule has 0 aliphatic carbocycles. The fourth-order valence-electron chi connectivity index (χ4n) is 1.78. The van der Waals surface area contributed by atoms with E-state index in [0.717, 1.165) is 0 Å². The summed E-state index contributed by atoms with van der Waals surface area (Å²) in [5, 5.41) is 22.1. The van der Waals surface area contributed by atoms with Crippen molar-refractivity contribution in [1.82, 2.24) is 10.3 Å². The number of aromatic nitrogens is 1. The smallest absolute Gasteiger partial charge is 0.235 e. The average Bonchev–Trinajstić information content (AvgIpc) is 2.76. The zero-order chi connectivity index (χ0) is 13.1. The number of pyridine rings is 1. The van der Waals surface area contributed by atoms with Crippen molar-refractivity contribution in [3.63, 3.8) is 0 Å². The molecular weight excluding hydrogens is 288 g/mol. The van der Waals surface area contributed by atoms with Gasteiger partial charge in [0.2, 0.25) is 5.12 Å². The highest BCUT2D eigenvalue weighted by Crippen LogP contribution is 2.24. The van der Waals surface area contributed by atoms with Crippen LogP contribution in [0.15, 0.2) is 18.0 Å². The minimum atomic E-state index is -0.189. The molecule has 0 unspecified atom stereocenters. The zero-order valence-corrected chi connectivity index (χ0v) is 12.0. The number of nitrogens with one attached hydrogen (secondary N) is 1. The van der Waals surface area contributed by atoms with Crippen LogP contribution in [-0.4, -0.2) is 26.1 Å². The molecule has 0 atom stereocenters. The van der Waals surface area contributed by atoms with Crippen molar-refractivity contribution in [3.05, 3.63) is 34.8 Å². The predicted octanol–water partition coefficient (Wildman–Crippen LogP) is 1.26. The van der Waals surface area contributed by atoms with Gasteiger partial charge >= 0.3 is 0 Å². The van der Waals surface area contributed by atoms with Gasteiger partial charge in [0, 0.05) is 29.1 Å². The van der Waals surface area contributed by atoms with Gasteiger partial charge in [0.25, 0.3) is 0 Å². The summed E-state index contributed by atoms with van der Waals surface area (Å²) in [4.78, 5) is 15.4. The van der Waals surface area contributed by atoms with Crippen LogP contribution in [0.4, 0.5) is 0 Å². The molecule has 0 amide bonds. The monoisotopic (exact) mass is 302 g/mol. The zero-order valence-electron chi connectivity index (χ0n) is 10.3. The summed E-state index contributed by atoms with van der Waals surface area (Å²) in [6, 6.07) is 0. The summed E-state index contributed by atoms with van der Waals surface area (Å²) in [6.07, 6.45) is 3.17. The largest absolute Gasteiger partial charge is 0.506 e. The molecule has 19 heavy (non-hydrogen) atoms. The first-order chi connectivity index (χ1) is 8.63. The fourth-order valence-corrected chi connectivity index (χ4v) is 2.50. The van der Waals surface area contributed by atoms with E-state index in [0.29, 0.717) is 34.8 Å². The Morgan fingerprint density at radius 2 is 2.21 bits per heavy atom. The van der Waals surface area contributed by atoms with Gasteiger partial charge in [0.05, 0.1) is 18.5 Å². The van der Waals surface area contributed by atoms with Crippen molar-refractivity contribution >= 4 is 29.3 Å². The normalized spacial score (nSPS) is 14.0. The van der Waals surface area contributed by atoms with Crippen molar-refractivity contribution in [2.24, 2.45) is 0 Å². The van der Waals surface area contributed by atoms with Crippen molar-refractivity contribution in [2.75, 3.05) is 5.75 Å². The van der Waals surface area contributed by atoms with Crippen LogP contribution in [0.25, 0.3) is 0 Å². The number of aliphatic hydroxyl groups is 1. The number of nitrogens with zero attached hydrogens (tertiary/aromatic N) is 1. The summed E-state index contributed by atoms with van der Waals surface area (Å²) < 4.78 is 0. The number of aryl methyl sites for hydroxylation is 1. The number of hydrogen-bond acceptors (Lipinski definition) is 6. The minimum absolute atomic E-state index is 0. The highest BCUT2D eigenvalue weighted by molar-refractivity contribution is 8.14. The van der Waals surface area contributed by atoms with Crippen LogP contribution in [0.5, 0.6) is 5.75 Å². The van der Waals surface area contributed by atoms with Crippen LogP contribution in [-0.2, 0) is 17.9 Å². The molecule has 2 heterocycles. The van der Waals surface area contributed by atoms with E-state index in [4.69, 9.17) is 0 Å². The summed E-state index contributed by atoms with van der Waals surface area (Å²) in [6.45, 7) is 1.87. The molecular formula is C12H15ClN2O3S. The second-order valence-electron chi connectivity index (χ2n) is 3.91. The number of rotatable bonds is 4. The van der Waals surface area contributed by atoms with Crippen molar-refractivity contribution in [2.45, 2.75) is 20.1 Å². The number of halogens is 1. The molecule has 1 aromatic heterocycles. The highest BCUT2D eigenvalue weighted by Gasteiger charge is 2.17. The average molecular weight is 303 g/mol. The molecule has 0 radical (unpaired) electrons. The second kappa shape index (κ2) is 6.79. The van der Waals surface area contributed by atoms with Crippen molar-refractivity contribution in [1.29, 1.82) is 0 Å². The van der Waals surface area contributed by atoms with E-state index in [1.807, 2.05) is 6.08 Å². The minimum Gasteiger partial charge on any atom is -0.506 e. The molecule has 1 aliphatic rings. The highest BCUT2D eigenvalue weighted by atomic mass is 35.5. The number of carbonyl (C=O) groups excluding carboxylic acids is 1. The van der Waals surface area contributed by atoms with E-state index in [9.17, 15) is 15.0 Å². The molecule has 5 nitrogen and oxygen atoms in total. The predicted molar refractivity (Wildman–Crippen MR) is 76.2 cm³/mol. The van der Waals surface area contributed by atoms with E-state index >= 15 is 0 Å². The van der Waals surface area contributed by atoms with Gasteiger partial charge in [-0.05, 0) is 13.0 Å². The van der Waals surface area contributed by atoms with Gasteiger partial charge in [-0.15, -0.1) is 12.4 Å². The van der Waals surface area contributed by atoms with Crippen LogP contribution in [0, 0.1) is 6.92 Å². The molecule has 2 rings (SSSR count). The van der Waals surface area contributed by atoms with Crippen LogP contribution in [0.3, 0.4) is 0 Å². The third-order valence-electron chi connectivity index (χ3n) is 2.83. The Hall–Kier alpha value is -1.24. The number of thioether (sulfide) groups is 1. The Morgan fingerprint density at radius 3 is 2.79 bits per heavy atom. The Bertz CT molecular complexity index is 520. The Kier molecular flexibility index (Phi) is 5.65. The summed E-state index contributed by atoms with van der Waals surface area (Å²) in [5.74, 6) is 0.700. The molecule has 0 saturated carbocycles. The van der Waals surface area contributed by atoms with Gasteiger partial charge in [-0.3, -0.25) is 9.78 Å². The van der Waals surface area contributed by atoms with Gasteiger partial charge in [-0.1, -0.05) is 11.8 Å². The van der Waals surface area contributed by atoms with Gasteiger partial charge in [0.15, 0.2) is 0 Å². The maximum Gasteiger partial charge on any atom is 0.235 e. The third-order valence-corrected chi connectivity index (χ3v) is 3.64. The van der Waals surface area contributed by atoms with Gasteiger partial charge < -0.3 is 15.5 Å². The van der Waals surface area contributed by atoms with Gasteiger partial charge in [-0.25, -0.2) is 0 Å². The van der Waals surface area contributed by atoms with Gasteiger partial charge in [-0.2, -0.15) is 0 Å². The topological polar surface area (TPSA) is 82.5 Å². The van der Waals surface area contributed by atoms with E-state index in [1.54, 1.807) is 6.92 Å². The lowest BCUT2D eigenvalue weighted by molar-refractivity contribution is -0.108. The molecule has 104 valence electrons. The van der Waals surface area contributed by atoms with Crippen molar-refractivity contribution < 1.29 is 15.0 Å². The molecule has 1 aromatic rings. The molecule has 0 bridgehead atoms. The van der Waals surface area contributed by atoms with E-state index in [2.05, 4.69) is 10.3 Å². The second-order valence-corrected chi connectivity index (χ2v) is 4.91. The third kappa shape index (κ3) is 3.40. The summed E-state index contributed by atoms with van der Waals surface area (Å²) >= 11 is 1.24. The maximum absolute atomic E-state index is 11.4. The molecule has 0 saturated heterocycles. The first-order valence-corrected chi connectivity index (χ1v) is 6.50. The lowest BCUT2D eigenvalue weighted by Crippen LogP contribution is -2.17. The maximum atomic E-state index is 11.4. The molecule has 0 aromatic carbocycles. The Morgan fingerprint density at radius 1 is 1.47 bits per heavy atom. The van der Waals surface area contributed by atoms with Crippen LogP contribution >= 0.6 is 24.2 Å². The van der Waals surface area contributed by atoms with Crippen LogP contribution < -0.4 is 5.32 Å². The van der Waals surface area contributed by atoms with Crippen LogP contribution in [0.2, 0.25) is 0 Å². The summed E-state index contributed by atoms with van der Waals surface area (Å²) in [7, 11) is 0. The molecule has 0 spiro atoms. The van der Waals surface area contributed by atoms with E-state index in [-0.39, 0.29) is 29.9 Å². The van der Waals surface area contributed by atoms with Crippen LogP contribution in [0.1, 0.15) is 16.8 Å². The number of carbonyl (C=O) groups is 1.